The molecule has 21 heavy (non-hydrogen) atoms. The number of rotatable bonds is 6. The molecule has 0 aliphatic carbocycles. The molecule has 3 rings (SSSR count). The smallest absolute Gasteiger partial charge is 0.347 e. The Morgan fingerprint density at radius 1 is 1.52 bits per heavy atom. The predicted octanol–water partition coefficient (Wildman–Crippen LogP) is 3.25. The van der Waals surface area contributed by atoms with Gasteiger partial charge in [0.1, 0.15) is 4.88 Å². The Bertz CT molecular complexity index is 777. The fraction of sp³-hybridized carbons (Fsp3) is 0.231. The summed E-state index contributed by atoms with van der Waals surface area (Å²) in [4.78, 5) is 16.2. The summed E-state index contributed by atoms with van der Waals surface area (Å²) in [5.41, 5.74) is 2.27. The Morgan fingerprint density at radius 2 is 2.38 bits per heavy atom. The first kappa shape index (κ1) is 14.7. The Kier molecular flexibility index (Phi) is 4.39. The van der Waals surface area contributed by atoms with Gasteiger partial charge in [0.05, 0.1) is 15.7 Å². The van der Waals surface area contributed by atoms with E-state index in [1.165, 1.54) is 20.7 Å². The number of aromatic carboxylic acids is 1. The van der Waals surface area contributed by atoms with Crippen molar-refractivity contribution in [1.82, 2.24) is 14.7 Å². The summed E-state index contributed by atoms with van der Waals surface area (Å²) in [6, 6.07) is 2.12. The minimum absolute atomic E-state index is 0.307. The van der Waals surface area contributed by atoms with E-state index in [0.29, 0.717) is 16.4 Å². The van der Waals surface area contributed by atoms with E-state index in [2.05, 4.69) is 37.7 Å². The second kappa shape index (κ2) is 6.27. The SMILES string of the molecule is O=C(O)c1cn2c(CNCCc3ccsc3Br)cnc2s1. The molecule has 110 valence electrons. The van der Waals surface area contributed by atoms with Crippen molar-refractivity contribution in [2.45, 2.75) is 13.0 Å². The number of hydrogen-bond donors (Lipinski definition) is 2. The van der Waals surface area contributed by atoms with Crippen molar-refractivity contribution < 1.29 is 9.90 Å². The average molecular weight is 386 g/mol. The molecule has 0 aliphatic rings. The topological polar surface area (TPSA) is 66.6 Å². The van der Waals surface area contributed by atoms with Crippen molar-refractivity contribution >= 4 is 49.5 Å². The molecule has 0 spiro atoms. The van der Waals surface area contributed by atoms with E-state index in [0.717, 1.165) is 18.7 Å². The second-order valence-electron chi connectivity index (χ2n) is 4.45. The standard InChI is InChI=1S/C13H12BrN3O2S2/c14-11-8(2-4-20-11)1-3-15-5-9-6-16-13-17(9)7-10(21-13)12(18)19/h2,4,6-7,15H,1,3,5H2,(H,18,19). The number of imidazole rings is 1. The Morgan fingerprint density at radius 3 is 3.10 bits per heavy atom. The monoisotopic (exact) mass is 385 g/mol. The number of nitrogens with zero attached hydrogens (tertiary/aromatic N) is 2. The molecule has 0 amide bonds. The van der Waals surface area contributed by atoms with Gasteiger partial charge in [-0.3, -0.25) is 4.40 Å². The summed E-state index contributed by atoms with van der Waals surface area (Å²) in [6.45, 7) is 1.53. The van der Waals surface area contributed by atoms with Crippen LogP contribution in [0.15, 0.2) is 27.6 Å². The molecule has 0 bridgehead atoms. The quantitative estimate of drug-likeness (QED) is 0.639. The number of thiazole rings is 1. The van der Waals surface area contributed by atoms with Crippen LogP contribution in [0, 0.1) is 0 Å². The maximum Gasteiger partial charge on any atom is 0.347 e. The number of aromatic nitrogens is 2. The lowest BCUT2D eigenvalue weighted by molar-refractivity contribution is 0.0702. The van der Waals surface area contributed by atoms with Crippen LogP contribution in [0.5, 0.6) is 0 Å². The van der Waals surface area contributed by atoms with Crippen molar-refractivity contribution in [2.75, 3.05) is 6.54 Å². The van der Waals surface area contributed by atoms with Crippen LogP contribution in [-0.4, -0.2) is 27.0 Å². The second-order valence-corrected chi connectivity index (χ2v) is 7.69. The van der Waals surface area contributed by atoms with Crippen molar-refractivity contribution in [2.24, 2.45) is 0 Å². The number of thiophene rings is 1. The van der Waals surface area contributed by atoms with E-state index in [1.54, 1.807) is 23.7 Å². The molecule has 0 saturated carbocycles. The van der Waals surface area contributed by atoms with Gasteiger partial charge in [-0.25, -0.2) is 9.78 Å². The minimum atomic E-state index is -0.910. The molecule has 8 heteroatoms. The first-order valence-electron chi connectivity index (χ1n) is 6.27. The fourth-order valence-electron chi connectivity index (χ4n) is 2.00. The average Bonchev–Trinajstić information content (AvgIpc) is 3.11. The van der Waals surface area contributed by atoms with Crippen molar-refractivity contribution in [3.8, 4) is 0 Å². The van der Waals surface area contributed by atoms with Gasteiger partial charge in [0.25, 0.3) is 0 Å². The molecule has 3 aromatic rings. The van der Waals surface area contributed by atoms with Crippen LogP contribution in [0.25, 0.3) is 4.96 Å². The van der Waals surface area contributed by atoms with Gasteiger partial charge in [-0.15, -0.1) is 11.3 Å². The van der Waals surface area contributed by atoms with Crippen molar-refractivity contribution in [3.63, 3.8) is 0 Å². The number of carboxylic acids is 1. The summed E-state index contributed by atoms with van der Waals surface area (Å²) >= 11 is 6.40. The zero-order valence-electron chi connectivity index (χ0n) is 10.9. The molecular formula is C13H12BrN3O2S2. The van der Waals surface area contributed by atoms with E-state index >= 15 is 0 Å². The van der Waals surface area contributed by atoms with Gasteiger partial charge in [0.2, 0.25) is 0 Å². The van der Waals surface area contributed by atoms with Crippen LogP contribution in [0.1, 0.15) is 20.9 Å². The molecule has 3 aromatic heterocycles. The highest BCUT2D eigenvalue weighted by molar-refractivity contribution is 9.11. The third-order valence-corrected chi connectivity index (χ3v) is 5.86. The van der Waals surface area contributed by atoms with Crippen molar-refractivity contribution in [1.29, 1.82) is 0 Å². The van der Waals surface area contributed by atoms with Crippen LogP contribution < -0.4 is 5.32 Å². The van der Waals surface area contributed by atoms with Crippen LogP contribution >= 0.6 is 38.6 Å². The van der Waals surface area contributed by atoms with E-state index in [9.17, 15) is 4.79 Å². The molecule has 0 unspecified atom stereocenters. The van der Waals surface area contributed by atoms with Gasteiger partial charge >= 0.3 is 5.97 Å². The summed E-state index contributed by atoms with van der Waals surface area (Å²) in [6.07, 6.45) is 4.36. The van der Waals surface area contributed by atoms with Crippen molar-refractivity contribution in [3.05, 3.63) is 43.8 Å². The highest BCUT2D eigenvalue weighted by Crippen LogP contribution is 2.23. The van der Waals surface area contributed by atoms with Crippen LogP contribution in [0.4, 0.5) is 0 Å². The van der Waals surface area contributed by atoms with Crippen LogP contribution in [-0.2, 0) is 13.0 Å². The summed E-state index contributed by atoms with van der Waals surface area (Å²) < 4.78 is 3.02. The molecule has 0 saturated heterocycles. The molecule has 0 atom stereocenters. The summed E-state index contributed by atoms with van der Waals surface area (Å²) in [7, 11) is 0. The summed E-state index contributed by atoms with van der Waals surface area (Å²) in [5.74, 6) is -0.910. The summed E-state index contributed by atoms with van der Waals surface area (Å²) in [5, 5.41) is 14.4. The molecule has 3 heterocycles. The maximum absolute atomic E-state index is 11.0. The fourth-order valence-corrected chi connectivity index (χ4v) is 4.14. The predicted molar refractivity (Wildman–Crippen MR) is 87.5 cm³/mol. The number of fused-ring (bicyclic) bond motifs is 1. The highest BCUT2D eigenvalue weighted by atomic mass is 79.9. The number of halogens is 1. The lowest BCUT2D eigenvalue weighted by Crippen LogP contribution is -2.17. The Hall–Kier alpha value is -1.22. The number of hydrogen-bond acceptors (Lipinski definition) is 5. The molecule has 5 nitrogen and oxygen atoms in total. The molecular weight excluding hydrogens is 374 g/mol. The number of nitrogens with one attached hydrogen (secondary N) is 1. The molecule has 0 fully saturated rings. The zero-order chi connectivity index (χ0) is 14.8. The van der Waals surface area contributed by atoms with Gasteiger partial charge in [-0.05, 0) is 45.9 Å². The lowest BCUT2D eigenvalue weighted by atomic mass is 10.2. The Labute approximate surface area is 137 Å². The van der Waals surface area contributed by atoms with Crippen LogP contribution in [0.3, 0.4) is 0 Å². The number of carbonyl (C=O) groups is 1. The van der Waals surface area contributed by atoms with Gasteiger partial charge in [0, 0.05) is 12.7 Å². The van der Waals surface area contributed by atoms with Gasteiger partial charge in [0.15, 0.2) is 4.96 Å². The third-order valence-electron chi connectivity index (χ3n) is 3.07. The number of carboxylic acid groups (broad SMARTS) is 1. The normalized spacial score (nSPS) is 11.3. The van der Waals surface area contributed by atoms with Crippen LogP contribution in [0.2, 0.25) is 0 Å². The van der Waals surface area contributed by atoms with E-state index in [1.807, 2.05) is 4.40 Å². The zero-order valence-corrected chi connectivity index (χ0v) is 14.1. The van der Waals surface area contributed by atoms with E-state index < -0.39 is 5.97 Å². The Balaban J connectivity index is 1.60. The molecule has 0 aliphatic heterocycles. The van der Waals surface area contributed by atoms with E-state index in [4.69, 9.17) is 5.11 Å². The van der Waals surface area contributed by atoms with Gasteiger partial charge in [-0.1, -0.05) is 11.3 Å². The maximum atomic E-state index is 11.0. The van der Waals surface area contributed by atoms with Gasteiger partial charge < -0.3 is 10.4 Å². The third kappa shape index (κ3) is 3.18. The minimum Gasteiger partial charge on any atom is -0.477 e. The molecule has 0 aromatic carbocycles. The largest absolute Gasteiger partial charge is 0.477 e. The van der Waals surface area contributed by atoms with E-state index in [-0.39, 0.29) is 0 Å². The lowest BCUT2D eigenvalue weighted by Gasteiger charge is -2.03. The first-order valence-corrected chi connectivity index (χ1v) is 8.75. The molecule has 2 N–H and O–H groups in total. The van der Waals surface area contributed by atoms with Gasteiger partial charge in [-0.2, -0.15) is 0 Å². The first-order chi connectivity index (χ1) is 10.1. The highest BCUT2D eigenvalue weighted by Gasteiger charge is 2.12. The molecule has 0 radical (unpaired) electrons.